The minimum atomic E-state index is 0.877. The van der Waals surface area contributed by atoms with Crippen LogP contribution in [-0.2, 0) is 6.42 Å². The van der Waals surface area contributed by atoms with Crippen molar-refractivity contribution in [2.75, 3.05) is 7.11 Å². The summed E-state index contributed by atoms with van der Waals surface area (Å²) in [6.07, 6.45) is 0.890. The minimum absolute atomic E-state index is 0.877. The molecule has 21 heavy (non-hydrogen) atoms. The van der Waals surface area contributed by atoms with Crippen LogP contribution in [0.5, 0.6) is 5.75 Å². The van der Waals surface area contributed by atoms with Crippen LogP contribution in [0.1, 0.15) is 11.1 Å². The van der Waals surface area contributed by atoms with Gasteiger partial charge in [0, 0.05) is 12.0 Å². The van der Waals surface area contributed by atoms with E-state index in [4.69, 9.17) is 17.0 Å². The van der Waals surface area contributed by atoms with Gasteiger partial charge in [-0.1, -0.05) is 63.2 Å². The van der Waals surface area contributed by atoms with Crippen molar-refractivity contribution in [3.8, 4) is 16.2 Å². The van der Waals surface area contributed by atoms with Crippen molar-refractivity contribution in [3.63, 3.8) is 0 Å². The van der Waals surface area contributed by atoms with Gasteiger partial charge in [0.1, 0.15) is 9.57 Å². The first-order valence-electron chi connectivity index (χ1n) is 6.58. The van der Waals surface area contributed by atoms with Crippen LogP contribution in [-0.4, -0.2) is 7.11 Å². The molecule has 0 aliphatic carbocycles. The Kier molecular flexibility index (Phi) is 4.48. The Morgan fingerprint density at radius 1 is 0.952 bits per heavy atom. The van der Waals surface area contributed by atoms with Gasteiger partial charge in [-0.3, -0.25) is 0 Å². The van der Waals surface area contributed by atoms with Crippen LogP contribution in [0.3, 0.4) is 0 Å². The Hall–Kier alpha value is -1.49. The van der Waals surface area contributed by atoms with Crippen molar-refractivity contribution >= 4 is 32.9 Å². The lowest BCUT2D eigenvalue weighted by molar-refractivity contribution is 0.415. The summed E-state index contributed by atoms with van der Waals surface area (Å²) in [7, 11) is 5.12. The predicted molar refractivity (Wildman–Crippen MR) is 94.3 cm³/mol. The van der Waals surface area contributed by atoms with E-state index in [9.17, 15) is 0 Å². The largest absolute Gasteiger partial charge is 0.497 e. The quantitative estimate of drug-likeness (QED) is 0.441. The van der Waals surface area contributed by atoms with Crippen molar-refractivity contribution in [1.29, 1.82) is 0 Å². The highest BCUT2D eigenvalue weighted by atomic mass is 32.9. The molecule has 1 aromatic heterocycles. The van der Waals surface area contributed by atoms with Crippen molar-refractivity contribution in [1.82, 2.24) is 0 Å². The molecular weight excluding hydrogens is 316 g/mol. The molecule has 0 saturated heterocycles. The fraction of sp³-hybridized carbons (Fsp3) is 0.118. The molecule has 0 aliphatic heterocycles. The van der Waals surface area contributed by atoms with Gasteiger partial charge < -0.3 is 4.74 Å². The molecule has 1 heterocycles. The summed E-state index contributed by atoms with van der Waals surface area (Å²) in [5.41, 5.74) is 3.76. The summed E-state index contributed by atoms with van der Waals surface area (Å²) < 4.78 is 6.22. The topological polar surface area (TPSA) is 9.23 Å². The molecule has 0 spiro atoms. The Bertz CT molecular complexity index is 770. The lowest BCUT2D eigenvalue weighted by Crippen LogP contribution is -1.89. The molecule has 0 aliphatic rings. The van der Waals surface area contributed by atoms with Gasteiger partial charge in [0.15, 0.2) is 0 Å². The second kappa shape index (κ2) is 6.52. The third-order valence-electron chi connectivity index (χ3n) is 3.30. The Balaban J connectivity index is 1.98. The van der Waals surface area contributed by atoms with Gasteiger partial charge in [0.2, 0.25) is 0 Å². The number of hydrogen-bond acceptors (Lipinski definition) is 4. The zero-order chi connectivity index (χ0) is 14.7. The van der Waals surface area contributed by atoms with E-state index in [0.717, 1.165) is 16.0 Å². The maximum atomic E-state index is 5.52. The van der Waals surface area contributed by atoms with E-state index in [2.05, 4.69) is 36.4 Å². The molecule has 0 unspecified atom stereocenters. The zero-order valence-corrected chi connectivity index (χ0v) is 14.0. The summed E-state index contributed by atoms with van der Waals surface area (Å²) in [6.45, 7) is 0. The molecule has 106 valence electrons. The lowest BCUT2D eigenvalue weighted by atomic mass is 10.0. The summed E-state index contributed by atoms with van der Waals surface area (Å²) in [6, 6.07) is 18.7. The molecule has 3 aromatic rings. The van der Waals surface area contributed by atoms with Crippen LogP contribution in [0.4, 0.5) is 0 Å². The smallest absolute Gasteiger partial charge is 0.118 e. The third-order valence-corrected chi connectivity index (χ3v) is 6.49. The average Bonchev–Trinajstić information content (AvgIpc) is 2.90. The number of benzene rings is 2. The molecule has 0 radical (unpaired) electrons. The van der Waals surface area contributed by atoms with E-state index in [1.807, 2.05) is 18.2 Å². The molecule has 0 amide bonds. The summed E-state index contributed by atoms with van der Waals surface area (Å²) >= 11 is 5.52. The van der Waals surface area contributed by atoms with Crippen LogP contribution in [0.25, 0.3) is 10.4 Å². The van der Waals surface area contributed by atoms with E-state index < -0.39 is 0 Å². The summed E-state index contributed by atoms with van der Waals surface area (Å²) in [5, 5.41) is 0. The van der Waals surface area contributed by atoms with Crippen LogP contribution < -0.4 is 4.74 Å². The minimum Gasteiger partial charge on any atom is -0.497 e. The van der Waals surface area contributed by atoms with E-state index in [-0.39, 0.29) is 0 Å². The Labute approximate surface area is 136 Å². The molecule has 0 N–H and O–H groups in total. The van der Waals surface area contributed by atoms with Gasteiger partial charge in [-0.2, -0.15) is 0 Å². The van der Waals surface area contributed by atoms with Crippen molar-refractivity contribution < 1.29 is 4.74 Å². The van der Waals surface area contributed by atoms with Gasteiger partial charge in [0.05, 0.1) is 12.0 Å². The second-order valence-corrected chi connectivity index (χ2v) is 7.47. The number of methoxy groups -OCH3 is 1. The average molecular weight is 330 g/mol. The highest BCUT2D eigenvalue weighted by Gasteiger charge is 2.11. The first kappa shape index (κ1) is 14.4. The Morgan fingerprint density at radius 2 is 1.67 bits per heavy atom. The number of rotatable bonds is 4. The van der Waals surface area contributed by atoms with Gasteiger partial charge in [0.25, 0.3) is 0 Å². The normalized spacial score (nSPS) is 10.5. The summed E-state index contributed by atoms with van der Waals surface area (Å²) in [4.78, 5) is 1.27. The second-order valence-electron chi connectivity index (χ2n) is 4.65. The molecule has 4 heteroatoms. The molecule has 0 saturated carbocycles. The van der Waals surface area contributed by atoms with Gasteiger partial charge >= 0.3 is 0 Å². The molecular formula is C17H14OS3. The Morgan fingerprint density at radius 3 is 2.33 bits per heavy atom. The number of hydrogen-bond donors (Lipinski definition) is 0. The molecule has 0 bridgehead atoms. The summed E-state index contributed by atoms with van der Waals surface area (Å²) in [5.74, 6) is 0.877. The van der Waals surface area contributed by atoms with Crippen molar-refractivity contribution in [2.45, 2.75) is 6.42 Å². The van der Waals surface area contributed by atoms with E-state index in [0.29, 0.717) is 0 Å². The first-order valence-corrected chi connectivity index (χ1v) is 9.14. The molecule has 0 fully saturated rings. The zero-order valence-electron chi connectivity index (χ0n) is 11.5. The number of ether oxygens (including phenoxy) is 1. The third kappa shape index (κ3) is 3.23. The van der Waals surface area contributed by atoms with Crippen LogP contribution in [0.2, 0.25) is 0 Å². The van der Waals surface area contributed by atoms with E-state index in [1.54, 1.807) is 27.8 Å². The van der Waals surface area contributed by atoms with Crippen molar-refractivity contribution in [2.24, 2.45) is 0 Å². The monoisotopic (exact) mass is 330 g/mol. The van der Waals surface area contributed by atoms with E-state index >= 15 is 0 Å². The molecule has 3 rings (SSSR count). The fourth-order valence-electron chi connectivity index (χ4n) is 2.19. The van der Waals surface area contributed by atoms with Crippen molar-refractivity contribution in [3.05, 3.63) is 69.5 Å². The fourth-order valence-corrected chi connectivity index (χ4v) is 5.11. The van der Waals surface area contributed by atoms with Gasteiger partial charge in [-0.15, -0.1) is 0 Å². The van der Waals surface area contributed by atoms with E-state index in [1.165, 1.54) is 21.6 Å². The van der Waals surface area contributed by atoms with Crippen LogP contribution in [0, 0.1) is 3.82 Å². The molecule has 2 aromatic carbocycles. The molecule has 0 atom stereocenters. The SMILES string of the molecule is COc1ccc(-c2ssc(=S)c2Cc2ccccc2)cc1. The highest BCUT2D eigenvalue weighted by molar-refractivity contribution is 7.80. The van der Waals surface area contributed by atoms with Gasteiger partial charge in [-0.25, -0.2) is 0 Å². The van der Waals surface area contributed by atoms with Crippen LogP contribution >= 0.6 is 32.9 Å². The maximum absolute atomic E-state index is 5.52. The highest BCUT2D eigenvalue weighted by Crippen LogP contribution is 2.36. The van der Waals surface area contributed by atoms with Gasteiger partial charge in [-0.05, 0) is 35.4 Å². The predicted octanol–water partition coefficient (Wildman–Crippen LogP) is 5.81. The van der Waals surface area contributed by atoms with Crippen LogP contribution in [0.15, 0.2) is 54.6 Å². The standard InChI is InChI=1S/C17H14OS3/c1-18-14-9-7-13(8-10-14)16-15(17(19)21-20-16)11-12-5-3-2-4-6-12/h2-10H,11H2,1H3. The lowest BCUT2D eigenvalue weighted by Gasteiger charge is -2.05. The maximum Gasteiger partial charge on any atom is 0.118 e. The molecule has 1 nitrogen and oxygen atoms in total. The first-order chi connectivity index (χ1) is 10.3.